The summed E-state index contributed by atoms with van der Waals surface area (Å²) in [6.45, 7) is 2.65. The number of benzene rings is 1. The molecule has 0 saturated carbocycles. The van der Waals surface area contributed by atoms with Gasteiger partial charge in [0, 0.05) is 11.4 Å². The van der Waals surface area contributed by atoms with Crippen molar-refractivity contribution >= 4 is 17.2 Å². The lowest BCUT2D eigenvalue weighted by molar-refractivity contribution is -0.120. The van der Waals surface area contributed by atoms with Gasteiger partial charge in [-0.05, 0) is 35.1 Å². The zero-order valence-electron chi connectivity index (χ0n) is 11.8. The van der Waals surface area contributed by atoms with Crippen molar-refractivity contribution < 1.29 is 9.53 Å². The number of methoxy groups -OCH3 is 1. The quantitative estimate of drug-likeness (QED) is 0.887. The van der Waals surface area contributed by atoms with Gasteiger partial charge >= 0.3 is 0 Å². The van der Waals surface area contributed by atoms with Gasteiger partial charge in [0.2, 0.25) is 5.91 Å². The average Bonchev–Trinajstić information content (AvgIpc) is 2.97. The van der Waals surface area contributed by atoms with Crippen LogP contribution in [0.1, 0.15) is 22.9 Å². The van der Waals surface area contributed by atoms with Gasteiger partial charge in [-0.1, -0.05) is 25.1 Å². The number of ether oxygens (including phenoxy) is 1. The second-order valence-electron chi connectivity index (χ2n) is 4.53. The molecule has 1 heterocycles. The first-order valence-corrected chi connectivity index (χ1v) is 7.55. The fourth-order valence-corrected chi connectivity index (χ4v) is 2.76. The van der Waals surface area contributed by atoms with Gasteiger partial charge in [0.05, 0.1) is 13.5 Å². The van der Waals surface area contributed by atoms with Crippen LogP contribution in [0.2, 0.25) is 0 Å². The molecule has 0 unspecified atom stereocenters. The molecule has 0 saturated heterocycles. The third-order valence-electron chi connectivity index (χ3n) is 3.13. The molecule has 1 N–H and O–H groups in total. The van der Waals surface area contributed by atoms with Crippen LogP contribution < -0.4 is 10.1 Å². The molecule has 3 nitrogen and oxygen atoms in total. The van der Waals surface area contributed by atoms with E-state index < -0.39 is 0 Å². The number of hydrogen-bond acceptors (Lipinski definition) is 3. The Balaban J connectivity index is 1.92. The van der Waals surface area contributed by atoms with Gasteiger partial charge < -0.3 is 10.1 Å². The molecular formula is C16H19NO2S. The monoisotopic (exact) mass is 289 g/mol. The Labute approximate surface area is 123 Å². The Bertz CT molecular complexity index is 564. The Morgan fingerprint density at radius 1 is 1.35 bits per heavy atom. The first-order valence-electron chi connectivity index (χ1n) is 6.67. The van der Waals surface area contributed by atoms with Crippen molar-refractivity contribution in [2.45, 2.75) is 26.3 Å². The highest BCUT2D eigenvalue weighted by Gasteiger charge is 2.06. The Hall–Kier alpha value is -1.81. The topological polar surface area (TPSA) is 38.3 Å². The molecule has 2 aromatic rings. The molecular weight excluding hydrogens is 270 g/mol. The van der Waals surface area contributed by atoms with Crippen LogP contribution in [0.15, 0.2) is 35.7 Å². The van der Waals surface area contributed by atoms with Crippen molar-refractivity contribution in [3.63, 3.8) is 0 Å². The minimum absolute atomic E-state index is 0.0568. The molecule has 0 aliphatic carbocycles. The summed E-state index contributed by atoms with van der Waals surface area (Å²) in [7, 11) is 1.68. The van der Waals surface area contributed by atoms with E-state index in [1.165, 1.54) is 0 Å². The lowest BCUT2D eigenvalue weighted by atomic mass is 10.1. The molecule has 0 fully saturated rings. The van der Waals surface area contributed by atoms with E-state index in [9.17, 15) is 4.79 Å². The average molecular weight is 289 g/mol. The number of hydrogen-bond donors (Lipinski definition) is 1. The second kappa shape index (κ2) is 7.10. The Kier molecular flexibility index (Phi) is 5.18. The molecule has 0 aliphatic rings. The van der Waals surface area contributed by atoms with Crippen LogP contribution in [0.3, 0.4) is 0 Å². The Morgan fingerprint density at radius 2 is 2.20 bits per heavy atom. The van der Waals surface area contributed by atoms with Gasteiger partial charge in [-0.25, -0.2) is 0 Å². The molecule has 20 heavy (non-hydrogen) atoms. The molecule has 106 valence electrons. The molecule has 0 aliphatic heterocycles. The standard InChI is InChI=1S/C16H19NO2S/c1-3-13-9-12(6-7-15(13)19-2)11-17-16(18)10-14-5-4-8-20-14/h4-9H,3,10-11H2,1-2H3,(H,17,18). The number of carbonyl (C=O) groups excluding carboxylic acids is 1. The normalized spacial score (nSPS) is 10.3. The minimum atomic E-state index is 0.0568. The van der Waals surface area contributed by atoms with Crippen molar-refractivity contribution in [3.05, 3.63) is 51.7 Å². The molecule has 0 bridgehead atoms. The summed E-state index contributed by atoms with van der Waals surface area (Å²) in [4.78, 5) is 12.9. The van der Waals surface area contributed by atoms with Gasteiger partial charge in [-0.2, -0.15) is 0 Å². The highest BCUT2D eigenvalue weighted by Crippen LogP contribution is 2.20. The van der Waals surface area contributed by atoms with Crippen LogP contribution in [-0.4, -0.2) is 13.0 Å². The Morgan fingerprint density at radius 3 is 2.85 bits per heavy atom. The molecule has 0 spiro atoms. The van der Waals surface area contributed by atoms with Crippen molar-refractivity contribution in [2.75, 3.05) is 7.11 Å². The number of aryl methyl sites for hydroxylation is 1. The van der Waals surface area contributed by atoms with Crippen LogP contribution in [0.4, 0.5) is 0 Å². The number of rotatable bonds is 6. The van der Waals surface area contributed by atoms with E-state index in [-0.39, 0.29) is 5.91 Å². The minimum Gasteiger partial charge on any atom is -0.496 e. The van der Waals surface area contributed by atoms with Gasteiger partial charge in [0.25, 0.3) is 0 Å². The van der Waals surface area contributed by atoms with Crippen LogP contribution in [0.5, 0.6) is 5.75 Å². The first kappa shape index (κ1) is 14.6. The summed E-state index contributed by atoms with van der Waals surface area (Å²) in [6, 6.07) is 9.98. The summed E-state index contributed by atoms with van der Waals surface area (Å²) in [6.07, 6.45) is 1.37. The van der Waals surface area contributed by atoms with E-state index in [1.54, 1.807) is 18.4 Å². The highest BCUT2D eigenvalue weighted by atomic mass is 32.1. The zero-order valence-corrected chi connectivity index (χ0v) is 12.6. The third-order valence-corrected chi connectivity index (χ3v) is 4.01. The van der Waals surface area contributed by atoms with Gasteiger partial charge in [0.1, 0.15) is 5.75 Å². The maximum absolute atomic E-state index is 11.8. The molecule has 2 rings (SSSR count). The van der Waals surface area contributed by atoms with Gasteiger partial charge in [-0.3, -0.25) is 4.79 Å². The van der Waals surface area contributed by atoms with E-state index >= 15 is 0 Å². The maximum Gasteiger partial charge on any atom is 0.225 e. The molecule has 1 amide bonds. The molecule has 1 aromatic heterocycles. The van der Waals surface area contributed by atoms with Crippen molar-refractivity contribution in [2.24, 2.45) is 0 Å². The predicted octanol–water partition coefficient (Wildman–Crippen LogP) is 3.18. The van der Waals surface area contributed by atoms with E-state index in [1.807, 2.05) is 29.6 Å². The maximum atomic E-state index is 11.8. The van der Waals surface area contributed by atoms with E-state index in [2.05, 4.69) is 18.3 Å². The summed E-state index contributed by atoms with van der Waals surface area (Å²) in [5.74, 6) is 0.961. The van der Waals surface area contributed by atoms with Crippen LogP contribution >= 0.6 is 11.3 Å². The third kappa shape index (κ3) is 3.84. The van der Waals surface area contributed by atoms with E-state index in [4.69, 9.17) is 4.74 Å². The predicted molar refractivity (Wildman–Crippen MR) is 82.2 cm³/mol. The van der Waals surface area contributed by atoms with Gasteiger partial charge in [-0.15, -0.1) is 11.3 Å². The number of carbonyl (C=O) groups is 1. The van der Waals surface area contributed by atoms with E-state index in [0.29, 0.717) is 13.0 Å². The van der Waals surface area contributed by atoms with Crippen molar-refractivity contribution in [1.29, 1.82) is 0 Å². The highest BCUT2D eigenvalue weighted by molar-refractivity contribution is 7.10. The van der Waals surface area contributed by atoms with Crippen molar-refractivity contribution in [3.8, 4) is 5.75 Å². The van der Waals surface area contributed by atoms with Crippen LogP contribution in [0, 0.1) is 0 Å². The number of amides is 1. The molecule has 1 aromatic carbocycles. The fourth-order valence-electron chi connectivity index (χ4n) is 2.05. The summed E-state index contributed by atoms with van der Waals surface area (Å²) in [5.41, 5.74) is 2.26. The van der Waals surface area contributed by atoms with Crippen LogP contribution in [-0.2, 0) is 24.2 Å². The summed E-state index contributed by atoms with van der Waals surface area (Å²) < 4.78 is 5.30. The fraction of sp³-hybridized carbons (Fsp3) is 0.312. The molecule has 0 atom stereocenters. The molecule has 4 heteroatoms. The van der Waals surface area contributed by atoms with Gasteiger partial charge in [0.15, 0.2) is 0 Å². The van der Waals surface area contributed by atoms with Crippen LogP contribution in [0.25, 0.3) is 0 Å². The first-order chi connectivity index (χ1) is 9.72. The number of thiophene rings is 1. The summed E-state index contributed by atoms with van der Waals surface area (Å²) >= 11 is 1.61. The number of nitrogens with one attached hydrogen (secondary N) is 1. The van der Waals surface area contributed by atoms with E-state index in [0.717, 1.165) is 28.2 Å². The second-order valence-corrected chi connectivity index (χ2v) is 5.56. The molecule has 0 radical (unpaired) electrons. The zero-order chi connectivity index (χ0) is 14.4. The SMILES string of the molecule is CCc1cc(CNC(=O)Cc2cccs2)ccc1OC. The largest absolute Gasteiger partial charge is 0.496 e. The lowest BCUT2D eigenvalue weighted by Crippen LogP contribution is -2.24. The lowest BCUT2D eigenvalue weighted by Gasteiger charge is -2.10. The summed E-state index contributed by atoms with van der Waals surface area (Å²) in [5, 5.41) is 4.94. The smallest absolute Gasteiger partial charge is 0.225 e. The van der Waals surface area contributed by atoms with Crippen molar-refractivity contribution in [1.82, 2.24) is 5.32 Å².